The quantitative estimate of drug-likeness (QED) is 0.463. The summed E-state index contributed by atoms with van der Waals surface area (Å²) in [5.41, 5.74) is -0.116. The molecule has 37 valence electrons. The molecular weight excluding hydrogens is 115 g/mol. The average Bonchev–Trinajstić information content (AvgIpc) is 1.69. The summed E-state index contributed by atoms with van der Waals surface area (Å²) in [6, 6.07) is 1.36. The monoisotopic (exact) mass is 119 g/mol. The van der Waals surface area contributed by atoms with Crippen LogP contribution in [0.25, 0.3) is 0 Å². The molecule has 0 saturated carbocycles. The fourth-order valence-electron chi connectivity index (χ4n) is 0.303. The molecular formula is C4H4N2NaO. The zero-order chi connectivity index (χ0) is 5.11. The molecule has 0 aliphatic heterocycles. The van der Waals surface area contributed by atoms with Gasteiger partial charge in [-0.2, -0.15) is 0 Å². The minimum atomic E-state index is -0.116. The maximum absolute atomic E-state index is 10.2. The van der Waals surface area contributed by atoms with Gasteiger partial charge in [0.1, 0.15) is 0 Å². The first-order chi connectivity index (χ1) is 3.39. The minimum absolute atomic E-state index is 0. The predicted octanol–water partition coefficient (Wildman–Crippen LogP) is -0.611. The molecule has 1 aromatic rings. The molecule has 1 rings (SSSR count). The van der Waals surface area contributed by atoms with Gasteiger partial charge >= 0.3 is 0 Å². The van der Waals surface area contributed by atoms with Crippen LogP contribution in [0, 0.1) is 0 Å². The molecule has 0 amide bonds. The first kappa shape index (κ1) is 7.88. The van der Waals surface area contributed by atoms with E-state index in [0.717, 1.165) is 0 Å². The number of aromatic amines is 1. The van der Waals surface area contributed by atoms with Gasteiger partial charge in [0.25, 0.3) is 5.56 Å². The Morgan fingerprint density at radius 3 is 2.62 bits per heavy atom. The number of rotatable bonds is 0. The fourth-order valence-corrected chi connectivity index (χ4v) is 0.303. The van der Waals surface area contributed by atoms with Crippen molar-refractivity contribution in [2.75, 3.05) is 0 Å². The largest absolute Gasteiger partial charge is 0.313 e. The Morgan fingerprint density at radius 1 is 1.62 bits per heavy atom. The van der Waals surface area contributed by atoms with E-state index in [1.54, 1.807) is 0 Å². The van der Waals surface area contributed by atoms with Crippen LogP contribution in [0.2, 0.25) is 0 Å². The van der Waals surface area contributed by atoms with E-state index in [4.69, 9.17) is 0 Å². The number of nitrogens with zero attached hydrogens (tertiary/aromatic N) is 1. The van der Waals surface area contributed by atoms with Crippen LogP contribution in [0.3, 0.4) is 0 Å². The first-order valence-electron chi connectivity index (χ1n) is 1.88. The maximum atomic E-state index is 10.2. The van der Waals surface area contributed by atoms with Gasteiger partial charge in [-0.15, -0.1) is 0 Å². The van der Waals surface area contributed by atoms with Gasteiger partial charge in [-0.05, 0) is 0 Å². The molecule has 0 bridgehead atoms. The first-order valence-corrected chi connectivity index (χ1v) is 1.88. The van der Waals surface area contributed by atoms with Crippen LogP contribution in [0.15, 0.2) is 23.4 Å². The van der Waals surface area contributed by atoms with Crippen molar-refractivity contribution in [3.63, 3.8) is 0 Å². The molecule has 0 unspecified atom stereocenters. The fraction of sp³-hybridized carbons (Fsp3) is 0. The van der Waals surface area contributed by atoms with Crippen LogP contribution in [-0.2, 0) is 0 Å². The van der Waals surface area contributed by atoms with Crippen LogP contribution >= 0.6 is 0 Å². The Morgan fingerprint density at radius 2 is 2.38 bits per heavy atom. The van der Waals surface area contributed by atoms with E-state index in [1.165, 1.54) is 18.6 Å². The molecule has 1 N–H and O–H groups in total. The van der Waals surface area contributed by atoms with E-state index in [-0.39, 0.29) is 35.1 Å². The van der Waals surface area contributed by atoms with Crippen molar-refractivity contribution < 1.29 is 0 Å². The average molecular weight is 119 g/mol. The van der Waals surface area contributed by atoms with Crippen molar-refractivity contribution >= 4 is 29.6 Å². The molecule has 1 aromatic heterocycles. The van der Waals surface area contributed by atoms with Crippen LogP contribution in [0.4, 0.5) is 0 Å². The van der Waals surface area contributed by atoms with Crippen molar-refractivity contribution in [2.45, 2.75) is 0 Å². The van der Waals surface area contributed by atoms with Crippen molar-refractivity contribution in [3.8, 4) is 0 Å². The van der Waals surface area contributed by atoms with Gasteiger partial charge in [0.05, 0.1) is 6.33 Å². The summed E-state index contributed by atoms with van der Waals surface area (Å²) in [6.07, 6.45) is 2.79. The van der Waals surface area contributed by atoms with E-state index in [9.17, 15) is 4.79 Å². The molecule has 0 spiro atoms. The molecule has 0 saturated heterocycles. The number of hydrogen-bond acceptors (Lipinski definition) is 2. The van der Waals surface area contributed by atoms with Gasteiger partial charge in [0.2, 0.25) is 0 Å². The van der Waals surface area contributed by atoms with Crippen LogP contribution in [0.5, 0.6) is 0 Å². The van der Waals surface area contributed by atoms with Gasteiger partial charge in [-0.1, -0.05) is 0 Å². The van der Waals surface area contributed by atoms with Crippen molar-refractivity contribution in [1.82, 2.24) is 9.97 Å². The SMILES string of the molecule is O=c1ccnc[nH]1.[Na]. The molecule has 1 radical (unpaired) electrons. The second kappa shape index (κ2) is 3.83. The third-order valence-corrected chi connectivity index (χ3v) is 0.593. The molecule has 0 atom stereocenters. The second-order valence-electron chi connectivity index (χ2n) is 1.10. The number of hydrogen-bond donors (Lipinski definition) is 1. The van der Waals surface area contributed by atoms with E-state index < -0.39 is 0 Å². The summed E-state index contributed by atoms with van der Waals surface area (Å²) in [7, 11) is 0. The van der Waals surface area contributed by atoms with Gasteiger partial charge in [0, 0.05) is 41.8 Å². The molecule has 0 fully saturated rings. The number of aromatic nitrogens is 2. The van der Waals surface area contributed by atoms with Crippen LogP contribution in [-0.4, -0.2) is 39.5 Å². The standard InChI is InChI=1S/C4H4N2O.Na/c7-4-1-2-5-3-6-4;/h1-3H,(H,5,6,7);. The van der Waals surface area contributed by atoms with Crippen LogP contribution < -0.4 is 5.56 Å². The number of H-pyrrole nitrogens is 1. The van der Waals surface area contributed by atoms with E-state index in [1.807, 2.05) is 0 Å². The topological polar surface area (TPSA) is 45.8 Å². The molecule has 8 heavy (non-hydrogen) atoms. The Bertz CT molecular complexity index is 180. The summed E-state index contributed by atoms with van der Waals surface area (Å²) in [6.45, 7) is 0. The Balaban J connectivity index is 0.000000490. The maximum Gasteiger partial charge on any atom is 0.250 e. The summed E-state index contributed by atoms with van der Waals surface area (Å²) in [4.78, 5) is 16.1. The molecule has 4 heteroatoms. The zero-order valence-electron chi connectivity index (χ0n) is 4.59. The molecule has 0 aromatic carbocycles. The molecule has 3 nitrogen and oxygen atoms in total. The minimum Gasteiger partial charge on any atom is -0.313 e. The Kier molecular flexibility index (Phi) is 3.77. The summed E-state index contributed by atoms with van der Waals surface area (Å²) in [5, 5.41) is 0. The van der Waals surface area contributed by atoms with E-state index >= 15 is 0 Å². The van der Waals surface area contributed by atoms with Crippen molar-refractivity contribution in [2.24, 2.45) is 0 Å². The zero-order valence-corrected chi connectivity index (χ0v) is 6.59. The summed E-state index contributed by atoms with van der Waals surface area (Å²) >= 11 is 0. The van der Waals surface area contributed by atoms with Crippen LogP contribution in [0.1, 0.15) is 0 Å². The Hall–Kier alpha value is -0.120. The molecule has 1 heterocycles. The van der Waals surface area contributed by atoms with Gasteiger partial charge in [0.15, 0.2) is 0 Å². The van der Waals surface area contributed by atoms with Gasteiger partial charge < -0.3 is 4.98 Å². The van der Waals surface area contributed by atoms with E-state index in [2.05, 4.69) is 9.97 Å². The van der Waals surface area contributed by atoms with Gasteiger partial charge in [-0.25, -0.2) is 4.98 Å². The van der Waals surface area contributed by atoms with Crippen molar-refractivity contribution in [3.05, 3.63) is 28.9 Å². The third-order valence-electron chi connectivity index (χ3n) is 0.593. The van der Waals surface area contributed by atoms with Crippen molar-refractivity contribution in [1.29, 1.82) is 0 Å². The normalized spacial score (nSPS) is 7.50. The Labute approximate surface area is 68.4 Å². The third kappa shape index (κ3) is 2.26. The number of nitrogens with one attached hydrogen (secondary N) is 1. The second-order valence-corrected chi connectivity index (χ2v) is 1.10. The summed E-state index contributed by atoms with van der Waals surface area (Å²) < 4.78 is 0. The molecule has 0 aliphatic carbocycles. The summed E-state index contributed by atoms with van der Waals surface area (Å²) in [5.74, 6) is 0. The predicted molar refractivity (Wildman–Crippen MR) is 30.6 cm³/mol. The van der Waals surface area contributed by atoms with E-state index in [0.29, 0.717) is 0 Å². The molecule has 0 aliphatic rings. The van der Waals surface area contributed by atoms with Gasteiger partial charge in [-0.3, -0.25) is 4.79 Å². The smallest absolute Gasteiger partial charge is 0.250 e.